The molecule has 4 aliphatic heterocycles. The van der Waals surface area contributed by atoms with E-state index < -0.39 is 95.1 Å². The number of piperidine rings is 2. The standard InChI is InChI=1S/C19H13F5N2O5S2.C19H20N4O6S3/c20-12-13(21)15(23)17(16(24)14(12)22)33(30,31)4-3-10-7-5-26(19(29)8(7)6-32-10)9-1-2-11(27)25-18(9)28;1-9-18(31-19(20-9)21-10(2)24)32(28,29)6-5-14-11-7-23(17(27)12(11)8-30-14)13-3-4-15(25)22-16(13)26/h6,9H,1-5H2,(H,25,27,28);8,13H,3-7H2,1-2H3,(H,20,21,24)(H,22,25,26). The first-order valence-electron chi connectivity index (χ1n) is 19.2. The first-order chi connectivity index (χ1) is 30.5. The van der Waals surface area contributed by atoms with Gasteiger partial charge in [0.15, 0.2) is 48.1 Å². The smallest absolute Gasteiger partial charge is 0.256 e. The van der Waals surface area contributed by atoms with Crippen molar-refractivity contribution in [1.82, 2.24) is 25.4 Å². The maximum atomic E-state index is 13.9. The van der Waals surface area contributed by atoms with Gasteiger partial charge in [0.2, 0.25) is 35.4 Å². The second-order valence-corrected chi connectivity index (χ2v) is 22.3. The van der Waals surface area contributed by atoms with Crippen LogP contribution in [0.25, 0.3) is 0 Å². The average Bonchev–Trinajstić information content (AvgIpc) is 4.05. The van der Waals surface area contributed by atoms with Crippen LogP contribution >= 0.6 is 34.0 Å². The van der Waals surface area contributed by atoms with E-state index in [2.05, 4.69) is 20.9 Å². The average molecular weight is 1010 g/mol. The van der Waals surface area contributed by atoms with Crippen molar-refractivity contribution in [2.24, 2.45) is 0 Å². The predicted octanol–water partition coefficient (Wildman–Crippen LogP) is 3.47. The van der Waals surface area contributed by atoms with Crippen LogP contribution in [-0.2, 0) is 69.6 Å². The van der Waals surface area contributed by atoms with E-state index in [1.165, 1.54) is 33.4 Å². The molecule has 8 rings (SSSR count). The Labute approximate surface area is 377 Å². The number of hydrogen-bond donors (Lipinski definition) is 3. The molecule has 2 saturated heterocycles. The van der Waals surface area contributed by atoms with Crippen LogP contribution in [0.1, 0.15) is 79.9 Å². The Morgan fingerprint density at radius 3 is 1.58 bits per heavy atom. The summed E-state index contributed by atoms with van der Waals surface area (Å²) in [6.07, 6.45) is 0.458. The Morgan fingerprint density at radius 1 is 0.723 bits per heavy atom. The summed E-state index contributed by atoms with van der Waals surface area (Å²) in [6.45, 7) is 3.06. The Balaban J connectivity index is 0.000000194. The van der Waals surface area contributed by atoms with Gasteiger partial charge in [-0.05, 0) is 43.7 Å². The third kappa shape index (κ3) is 9.19. The number of anilines is 1. The number of imide groups is 2. The van der Waals surface area contributed by atoms with Gasteiger partial charge in [-0.3, -0.25) is 44.2 Å². The topological polar surface area (TPSA) is 243 Å². The van der Waals surface area contributed by atoms with Crippen molar-refractivity contribution >= 4 is 100 Å². The van der Waals surface area contributed by atoms with Gasteiger partial charge in [-0.15, -0.1) is 22.7 Å². The quantitative estimate of drug-likeness (QED) is 0.0644. The molecule has 27 heteroatoms. The number of thiazole rings is 1. The zero-order chi connectivity index (χ0) is 47.4. The molecule has 3 aromatic heterocycles. The van der Waals surface area contributed by atoms with E-state index in [0.717, 1.165) is 33.1 Å². The van der Waals surface area contributed by atoms with Crippen LogP contribution in [0.15, 0.2) is 19.9 Å². The highest BCUT2D eigenvalue weighted by molar-refractivity contribution is 7.93. The number of fused-ring (bicyclic) bond motifs is 2. The van der Waals surface area contributed by atoms with Crippen molar-refractivity contribution in [1.29, 1.82) is 0 Å². The summed E-state index contributed by atoms with van der Waals surface area (Å²) >= 11 is 3.24. The number of nitrogens with zero attached hydrogens (tertiary/aromatic N) is 3. The SMILES string of the molecule is CC(=O)Nc1nc(C)c(S(=O)(=O)CCc2scc3c2CN(C2CCC(=O)NC2=O)C3=O)s1.O=C1CCC(N2Cc3c(csc3CCS(=O)(=O)c3c(F)c(F)c(F)c(F)c3F)C2=O)C(=O)N1. The van der Waals surface area contributed by atoms with Gasteiger partial charge >= 0.3 is 0 Å². The fourth-order valence-electron chi connectivity index (χ4n) is 7.61. The summed E-state index contributed by atoms with van der Waals surface area (Å²) in [5.74, 6) is -16.3. The summed E-state index contributed by atoms with van der Waals surface area (Å²) in [6, 6.07) is -1.60. The number of sulfone groups is 2. The summed E-state index contributed by atoms with van der Waals surface area (Å²) < 4.78 is 119. The molecule has 4 aliphatic rings. The van der Waals surface area contributed by atoms with Crippen LogP contribution in [0.2, 0.25) is 0 Å². The number of rotatable bonds is 11. The first-order valence-corrected chi connectivity index (χ1v) is 25.1. The number of carbonyl (C=O) groups excluding carboxylic acids is 7. The van der Waals surface area contributed by atoms with Gasteiger partial charge in [0.1, 0.15) is 21.2 Å². The Morgan fingerprint density at radius 2 is 1.15 bits per heavy atom. The minimum absolute atomic E-state index is 0.0417. The number of aromatic nitrogens is 1. The van der Waals surface area contributed by atoms with E-state index in [4.69, 9.17) is 0 Å². The van der Waals surface area contributed by atoms with Gasteiger partial charge in [-0.25, -0.2) is 43.8 Å². The molecule has 7 heterocycles. The maximum absolute atomic E-state index is 13.9. The number of amides is 7. The highest BCUT2D eigenvalue weighted by Crippen LogP contribution is 2.37. The molecule has 2 unspecified atom stereocenters. The minimum Gasteiger partial charge on any atom is -0.322 e. The first kappa shape index (κ1) is 47.5. The lowest BCUT2D eigenvalue weighted by Crippen LogP contribution is -2.52. The monoisotopic (exact) mass is 1000 g/mol. The maximum Gasteiger partial charge on any atom is 0.256 e. The van der Waals surface area contributed by atoms with E-state index in [-0.39, 0.29) is 90.0 Å². The second kappa shape index (κ2) is 18.0. The van der Waals surface area contributed by atoms with Crippen LogP contribution in [0.4, 0.5) is 27.1 Å². The Kier molecular flexibility index (Phi) is 13.2. The lowest BCUT2D eigenvalue weighted by atomic mass is 10.0. The molecule has 4 aromatic rings. The van der Waals surface area contributed by atoms with Gasteiger partial charge in [0.05, 0.1) is 28.3 Å². The van der Waals surface area contributed by atoms with Crippen LogP contribution in [-0.4, -0.2) is 96.6 Å². The van der Waals surface area contributed by atoms with Gasteiger partial charge in [0.25, 0.3) is 11.8 Å². The third-order valence-electron chi connectivity index (χ3n) is 10.8. The van der Waals surface area contributed by atoms with E-state index in [1.54, 1.807) is 12.3 Å². The molecular formula is C38H33F5N6O11S5. The van der Waals surface area contributed by atoms with Crippen molar-refractivity contribution < 1.29 is 72.3 Å². The lowest BCUT2D eigenvalue weighted by Gasteiger charge is -2.29. The fourth-order valence-corrected chi connectivity index (χ4v) is 14.2. The van der Waals surface area contributed by atoms with Crippen molar-refractivity contribution in [2.75, 3.05) is 16.8 Å². The number of hydrogen-bond acceptors (Lipinski definition) is 15. The fraction of sp³-hybridized carbons (Fsp3) is 0.368. The third-order valence-corrected chi connectivity index (χ3v) is 18.1. The largest absolute Gasteiger partial charge is 0.322 e. The summed E-state index contributed by atoms with van der Waals surface area (Å²) in [4.78, 5) is 89.7. The molecule has 65 heavy (non-hydrogen) atoms. The lowest BCUT2D eigenvalue weighted by molar-refractivity contribution is -0.138. The van der Waals surface area contributed by atoms with E-state index in [1.807, 2.05) is 0 Å². The second-order valence-electron chi connectivity index (χ2n) is 15.0. The van der Waals surface area contributed by atoms with Gasteiger partial charge in [-0.1, -0.05) is 11.3 Å². The van der Waals surface area contributed by atoms with Gasteiger partial charge in [-0.2, -0.15) is 0 Å². The number of benzene rings is 1. The van der Waals surface area contributed by atoms with E-state index in [9.17, 15) is 72.3 Å². The molecule has 7 amide bonds. The minimum atomic E-state index is -4.93. The molecule has 1 aromatic carbocycles. The number of thiophene rings is 2. The Hall–Kier alpha value is -5.51. The Bertz CT molecular complexity index is 2940. The predicted molar refractivity (Wildman–Crippen MR) is 220 cm³/mol. The summed E-state index contributed by atoms with van der Waals surface area (Å²) in [7, 11) is -8.58. The van der Waals surface area contributed by atoms with Crippen LogP contribution in [0.5, 0.6) is 0 Å². The van der Waals surface area contributed by atoms with Crippen LogP contribution < -0.4 is 16.0 Å². The zero-order valence-corrected chi connectivity index (χ0v) is 37.7. The molecule has 0 spiro atoms. The zero-order valence-electron chi connectivity index (χ0n) is 33.6. The highest BCUT2D eigenvalue weighted by atomic mass is 32.2. The number of carbonyl (C=O) groups is 7. The van der Waals surface area contributed by atoms with Crippen molar-refractivity contribution in [3.05, 3.63) is 77.5 Å². The molecule has 0 aliphatic carbocycles. The van der Waals surface area contributed by atoms with Gasteiger partial charge < -0.3 is 15.1 Å². The number of aryl methyl sites for hydroxylation is 3. The normalized spacial score (nSPS) is 18.6. The molecule has 0 bridgehead atoms. The van der Waals surface area contributed by atoms with Gasteiger partial charge in [0, 0.05) is 53.4 Å². The summed E-state index contributed by atoms with van der Waals surface area (Å²) in [5.41, 5.74) is 2.17. The molecule has 0 radical (unpaired) electrons. The molecule has 346 valence electrons. The summed E-state index contributed by atoms with van der Waals surface area (Å²) in [5, 5.41) is 10.3. The number of nitrogens with one attached hydrogen (secondary N) is 3. The van der Waals surface area contributed by atoms with Crippen molar-refractivity contribution in [3.8, 4) is 0 Å². The number of halogens is 5. The van der Waals surface area contributed by atoms with E-state index >= 15 is 0 Å². The molecule has 17 nitrogen and oxygen atoms in total. The van der Waals surface area contributed by atoms with Crippen LogP contribution in [0, 0.1) is 36.0 Å². The molecule has 2 fully saturated rings. The molecule has 0 saturated carbocycles. The van der Waals surface area contributed by atoms with E-state index in [0.29, 0.717) is 21.7 Å². The van der Waals surface area contributed by atoms with Crippen molar-refractivity contribution in [2.45, 2.75) is 86.7 Å². The van der Waals surface area contributed by atoms with Crippen LogP contribution in [0.3, 0.4) is 0 Å². The molecule has 2 atom stereocenters. The molecular weight excluding hydrogens is 972 g/mol. The highest BCUT2D eigenvalue weighted by Gasteiger charge is 2.43. The van der Waals surface area contributed by atoms with Crippen molar-refractivity contribution in [3.63, 3.8) is 0 Å². The molecule has 3 N–H and O–H groups in total.